The number of amides is 2. The van der Waals surface area contributed by atoms with Gasteiger partial charge in [-0.2, -0.15) is 5.10 Å². The fourth-order valence-corrected chi connectivity index (χ4v) is 3.72. The van der Waals surface area contributed by atoms with E-state index < -0.39 is 10.8 Å². The molecule has 0 saturated carbocycles. The summed E-state index contributed by atoms with van der Waals surface area (Å²) in [5.74, 6) is -0.434. The van der Waals surface area contributed by atoms with Gasteiger partial charge in [0.1, 0.15) is 6.54 Å². The van der Waals surface area contributed by atoms with Crippen molar-refractivity contribution in [3.05, 3.63) is 64.5 Å². The molecule has 0 aliphatic heterocycles. The second kappa shape index (κ2) is 8.50. The highest BCUT2D eigenvalue weighted by Crippen LogP contribution is 2.24. The lowest BCUT2D eigenvalue weighted by atomic mass is 10.1. The minimum atomic E-state index is -0.516. The van der Waals surface area contributed by atoms with Crippen LogP contribution in [0.3, 0.4) is 0 Å². The standard InChI is InChI=1S/C22H22N6O4/c1-3-26(4-2)20(29)13-27-10-9-14-11-15(5-8-19(14)27)23-22(30)21-17-12-16(28(31)32)6-7-18(17)24-25-21/h5-12H,3-4,13H2,1-2H3,(H,23,30)(H,24,25). The molecule has 2 aromatic heterocycles. The van der Waals surface area contributed by atoms with Gasteiger partial charge in [0, 0.05) is 53.4 Å². The van der Waals surface area contributed by atoms with E-state index in [-0.39, 0.29) is 23.8 Å². The molecule has 0 aliphatic rings. The number of benzene rings is 2. The number of fused-ring (bicyclic) bond motifs is 2. The maximum absolute atomic E-state index is 12.8. The molecule has 0 atom stereocenters. The number of likely N-dealkylation sites (N-methyl/N-ethyl adjacent to an activating group) is 1. The molecule has 2 aromatic carbocycles. The summed E-state index contributed by atoms with van der Waals surface area (Å²) in [6.07, 6.45) is 1.85. The number of nitrogens with zero attached hydrogens (tertiary/aromatic N) is 4. The normalized spacial score (nSPS) is 11.1. The van der Waals surface area contributed by atoms with Crippen LogP contribution in [0.2, 0.25) is 0 Å². The number of nitro benzene ring substituents is 1. The summed E-state index contributed by atoms with van der Waals surface area (Å²) < 4.78 is 1.88. The summed E-state index contributed by atoms with van der Waals surface area (Å²) in [5.41, 5.74) is 1.92. The summed E-state index contributed by atoms with van der Waals surface area (Å²) >= 11 is 0. The van der Waals surface area contributed by atoms with Crippen molar-refractivity contribution in [2.75, 3.05) is 18.4 Å². The van der Waals surface area contributed by atoms with Gasteiger partial charge in [0.15, 0.2) is 5.69 Å². The van der Waals surface area contributed by atoms with E-state index in [0.717, 1.165) is 10.9 Å². The van der Waals surface area contributed by atoms with E-state index in [2.05, 4.69) is 15.5 Å². The summed E-state index contributed by atoms with van der Waals surface area (Å²) in [4.78, 5) is 37.5. The van der Waals surface area contributed by atoms with Crippen LogP contribution in [0.4, 0.5) is 11.4 Å². The number of aromatic amines is 1. The Morgan fingerprint density at radius 3 is 2.66 bits per heavy atom. The number of hydrogen-bond acceptors (Lipinski definition) is 5. The van der Waals surface area contributed by atoms with Crippen LogP contribution in [0.5, 0.6) is 0 Å². The number of nitrogens with one attached hydrogen (secondary N) is 2. The molecule has 10 heteroatoms. The molecule has 4 rings (SSSR count). The Balaban J connectivity index is 1.56. The third-order valence-electron chi connectivity index (χ3n) is 5.42. The molecule has 10 nitrogen and oxygen atoms in total. The molecule has 2 N–H and O–H groups in total. The molecular weight excluding hydrogens is 412 g/mol. The van der Waals surface area contributed by atoms with Gasteiger partial charge in [-0.15, -0.1) is 0 Å². The van der Waals surface area contributed by atoms with Gasteiger partial charge >= 0.3 is 0 Å². The van der Waals surface area contributed by atoms with Crippen molar-refractivity contribution in [1.29, 1.82) is 0 Å². The van der Waals surface area contributed by atoms with Crippen LogP contribution >= 0.6 is 0 Å². The molecule has 32 heavy (non-hydrogen) atoms. The van der Waals surface area contributed by atoms with Crippen molar-refractivity contribution in [1.82, 2.24) is 19.7 Å². The topological polar surface area (TPSA) is 126 Å². The van der Waals surface area contributed by atoms with E-state index in [1.54, 1.807) is 11.0 Å². The Morgan fingerprint density at radius 1 is 1.16 bits per heavy atom. The van der Waals surface area contributed by atoms with Crippen molar-refractivity contribution in [2.24, 2.45) is 0 Å². The Hall–Kier alpha value is -4.21. The van der Waals surface area contributed by atoms with Gasteiger partial charge in [0.25, 0.3) is 11.6 Å². The number of nitro groups is 1. The van der Waals surface area contributed by atoms with E-state index in [4.69, 9.17) is 0 Å². The molecule has 0 bridgehead atoms. The highest BCUT2D eigenvalue weighted by Gasteiger charge is 2.18. The van der Waals surface area contributed by atoms with Crippen molar-refractivity contribution >= 4 is 45.0 Å². The zero-order valence-corrected chi connectivity index (χ0v) is 17.7. The second-order valence-electron chi connectivity index (χ2n) is 7.30. The summed E-state index contributed by atoms with van der Waals surface area (Å²) in [6, 6.07) is 11.5. The van der Waals surface area contributed by atoms with Crippen LogP contribution in [-0.2, 0) is 11.3 Å². The lowest BCUT2D eigenvalue weighted by molar-refractivity contribution is -0.384. The number of carbonyl (C=O) groups excluding carboxylic acids is 2. The quantitative estimate of drug-likeness (QED) is 0.340. The van der Waals surface area contributed by atoms with Crippen LogP contribution in [0, 0.1) is 10.1 Å². The third-order valence-corrected chi connectivity index (χ3v) is 5.42. The third kappa shape index (κ3) is 3.89. The molecule has 0 fully saturated rings. The van der Waals surface area contributed by atoms with E-state index in [1.807, 2.05) is 42.8 Å². The molecule has 0 unspecified atom stereocenters. The largest absolute Gasteiger partial charge is 0.342 e. The van der Waals surface area contributed by atoms with Crippen molar-refractivity contribution < 1.29 is 14.5 Å². The van der Waals surface area contributed by atoms with Crippen LogP contribution in [0.15, 0.2) is 48.7 Å². The lowest BCUT2D eigenvalue weighted by Crippen LogP contribution is -2.33. The van der Waals surface area contributed by atoms with Crippen LogP contribution in [0.25, 0.3) is 21.8 Å². The SMILES string of the molecule is CCN(CC)C(=O)Cn1ccc2cc(NC(=O)c3n[nH]c4ccc([N+](=O)[O-])cc34)ccc21. The molecule has 0 spiro atoms. The molecule has 0 aliphatic carbocycles. The molecule has 2 heterocycles. The minimum Gasteiger partial charge on any atom is -0.342 e. The number of aromatic nitrogens is 3. The highest BCUT2D eigenvalue weighted by molar-refractivity contribution is 6.11. The van der Waals surface area contributed by atoms with E-state index >= 15 is 0 Å². The number of anilines is 1. The zero-order valence-electron chi connectivity index (χ0n) is 17.7. The van der Waals surface area contributed by atoms with Gasteiger partial charge in [0.2, 0.25) is 5.91 Å². The van der Waals surface area contributed by atoms with Gasteiger partial charge in [0.05, 0.1) is 10.4 Å². The van der Waals surface area contributed by atoms with Crippen molar-refractivity contribution in [2.45, 2.75) is 20.4 Å². The molecular formula is C22H22N6O4. The lowest BCUT2D eigenvalue weighted by Gasteiger charge is -2.19. The summed E-state index contributed by atoms with van der Waals surface area (Å²) in [6.45, 7) is 5.47. The van der Waals surface area contributed by atoms with Crippen LogP contribution in [-0.4, -0.2) is 49.5 Å². The smallest absolute Gasteiger partial charge is 0.276 e. The summed E-state index contributed by atoms with van der Waals surface area (Å²) in [5, 5.41) is 21.8. The fourth-order valence-electron chi connectivity index (χ4n) is 3.72. The van der Waals surface area contributed by atoms with E-state index in [1.165, 1.54) is 18.2 Å². The number of hydrogen-bond donors (Lipinski definition) is 2. The first kappa shape index (κ1) is 21.0. The van der Waals surface area contributed by atoms with Crippen molar-refractivity contribution in [3.8, 4) is 0 Å². The first-order valence-electron chi connectivity index (χ1n) is 10.2. The van der Waals surface area contributed by atoms with Gasteiger partial charge in [-0.05, 0) is 44.2 Å². The number of carbonyl (C=O) groups is 2. The van der Waals surface area contributed by atoms with Gasteiger partial charge in [-0.25, -0.2) is 0 Å². The predicted molar refractivity (Wildman–Crippen MR) is 121 cm³/mol. The predicted octanol–water partition coefficient (Wildman–Crippen LogP) is 3.55. The Labute approximate surface area is 183 Å². The Kier molecular flexibility index (Phi) is 5.59. The maximum Gasteiger partial charge on any atom is 0.276 e. The van der Waals surface area contributed by atoms with Crippen LogP contribution < -0.4 is 5.32 Å². The van der Waals surface area contributed by atoms with Crippen LogP contribution in [0.1, 0.15) is 24.3 Å². The average molecular weight is 434 g/mol. The zero-order chi connectivity index (χ0) is 22.8. The van der Waals surface area contributed by atoms with E-state index in [9.17, 15) is 19.7 Å². The van der Waals surface area contributed by atoms with E-state index in [0.29, 0.717) is 29.7 Å². The maximum atomic E-state index is 12.8. The number of non-ortho nitro benzene ring substituents is 1. The van der Waals surface area contributed by atoms with Crippen molar-refractivity contribution in [3.63, 3.8) is 0 Å². The van der Waals surface area contributed by atoms with Gasteiger partial charge in [-0.3, -0.25) is 24.8 Å². The average Bonchev–Trinajstić information content (AvgIpc) is 3.38. The highest BCUT2D eigenvalue weighted by atomic mass is 16.6. The fraction of sp³-hybridized carbons (Fsp3) is 0.227. The van der Waals surface area contributed by atoms with Gasteiger partial charge < -0.3 is 14.8 Å². The first-order valence-corrected chi connectivity index (χ1v) is 10.2. The molecule has 2 amide bonds. The Bertz CT molecular complexity index is 1330. The minimum absolute atomic E-state index is 0.0457. The molecule has 4 aromatic rings. The first-order chi connectivity index (χ1) is 15.4. The number of H-pyrrole nitrogens is 1. The monoisotopic (exact) mass is 434 g/mol. The Morgan fingerprint density at radius 2 is 1.94 bits per heavy atom. The molecule has 0 saturated heterocycles. The molecule has 164 valence electrons. The number of rotatable bonds is 7. The second-order valence-corrected chi connectivity index (χ2v) is 7.30. The van der Waals surface area contributed by atoms with Gasteiger partial charge in [-0.1, -0.05) is 0 Å². The molecule has 0 radical (unpaired) electrons. The summed E-state index contributed by atoms with van der Waals surface area (Å²) in [7, 11) is 0.